The average Bonchev–Trinajstić information content (AvgIpc) is 3.28. The zero-order valence-electron chi connectivity index (χ0n) is 42.2. The number of esters is 1. The zero-order chi connectivity index (χ0) is 52.8. The van der Waals surface area contributed by atoms with Crippen molar-refractivity contribution in [2.75, 3.05) is 27.2 Å². The first-order chi connectivity index (χ1) is 33.5. The molecule has 3 heterocycles. The molecule has 19 atom stereocenters. The van der Waals surface area contributed by atoms with Crippen molar-refractivity contribution < 1.29 is 79.6 Å². The number of rotatable bonds is 7. The maximum Gasteiger partial charge on any atom is 0.308 e. The second-order valence-electron chi connectivity index (χ2n) is 19.7. The molecule has 0 radical (unpaired) electrons. The lowest BCUT2D eigenvalue weighted by molar-refractivity contribution is -0.307. The first kappa shape index (κ1) is 61.8. The number of hydrogen-bond donors (Lipinski definition) is 12. The molecule has 19 heteroatoms. The van der Waals surface area contributed by atoms with Crippen LogP contribution in [0, 0.1) is 17.8 Å². The highest BCUT2D eigenvalue weighted by atomic mass is 16.7. The Hall–Kier alpha value is -3.48. The van der Waals surface area contributed by atoms with E-state index in [0.717, 1.165) is 0 Å². The van der Waals surface area contributed by atoms with Gasteiger partial charge in [0.2, 0.25) is 5.91 Å². The lowest BCUT2D eigenvalue weighted by Crippen LogP contribution is -2.62. The van der Waals surface area contributed by atoms with Crippen molar-refractivity contribution in [2.45, 2.75) is 183 Å². The number of amides is 1. The molecule has 0 aromatic carbocycles. The molecule has 2 bridgehead atoms. The van der Waals surface area contributed by atoms with Gasteiger partial charge >= 0.3 is 5.97 Å². The van der Waals surface area contributed by atoms with E-state index in [1.807, 2.05) is 68.5 Å². The molecule has 19 nitrogen and oxygen atoms in total. The summed E-state index contributed by atoms with van der Waals surface area (Å²) in [7, 11) is 3.78. The van der Waals surface area contributed by atoms with Crippen LogP contribution in [-0.4, -0.2) is 192 Å². The number of nitrogens with two attached hydrogens (primary N) is 1. The Labute approximate surface area is 419 Å². The SMILES string of the molecule is C[C@@H]1[C@H](O)[C@@H](C)/C=C/C=C/C=C/C=C/C=C/C=C/C=C/[C@H](O[C@@H]2O[C@H](C)[C@@H](O)[C@H](N)[C@@H]2O)C[C@@H]2O[C@](O)(C[C@@H](O)C[C@@H](O)[C@H](O)CC[C@@H](O)C[C@@H](O)CC(=O)O[C@H]1C)C[C@H](O)[C@H]2C(=O)NCCCN(C)C. The van der Waals surface area contributed by atoms with Gasteiger partial charge in [-0.1, -0.05) is 98.9 Å². The number of carbonyl (C=O) groups excluding carboxylic acids is 2. The van der Waals surface area contributed by atoms with Crippen molar-refractivity contribution in [3.8, 4) is 0 Å². The van der Waals surface area contributed by atoms with Crippen LogP contribution >= 0.6 is 0 Å². The van der Waals surface area contributed by atoms with Crippen LogP contribution in [0.3, 0.4) is 0 Å². The van der Waals surface area contributed by atoms with Gasteiger partial charge in [-0.2, -0.15) is 0 Å². The average molecular weight is 1010 g/mol. The van der Waals surface area contributed by atoms with E-state index in [0.29, 0.717) is 13.0 Å². The number of cyclic esters (lactones) is 1. The number of aliphatic hydroxyl groups is 10. The van der Waals surface area contributed by atoms with E-state index in [2.05, 4.69) is 5.32 Å². The number of ether oxygens (including phenoxy) is 4. The van der Waals surface area contributed by atoms with E-state index in [4.69, 9.17) is 24.7 Å². The molecule has 0 saturated carbocycles. The summed E-state index contributed by atoms with van der Waals surface area (Å²) in [6.07, 6.45) is 5.56. The van der Waals surface area contributed by atoms with Gasteiger partial charge in [-0.25, -0.2) is 0 Å². The molecule has 71 heavy (non-hydrogen) atoms. The molecule has 0 unspecified atom stereocenters. The minimum absolute atomic E-state index is 0.0912. The molecule has 3 aliphatic heterocycles. The summed E-state index contributed by atoms with van der Waals surface area (Å²) >= 11 is 0. The van der Waals surface area contributed by atoms with Gasteiger partial charge in [-0.15, -0.1) is 0 Å². The fourth-order valence-corrected chi connectivity index (χ4v) is 8.71. The molecule has 404 valence electrons. The molecule has 13 N–H and O–H groups in total. The van der Waals surface area contributed by atoms with E-state index in [1.165, 1.54) is 0 Å². The van der Waals surface area contributed by atoms with Gasteiger partial charge in [0.05, 0.1) is 85.5 Å². The Bertz CT molecular complexity index is 1790. The number of allylic oxidation sites excluding steroid dienone is 12. The Balaban J connectivity index is 1.93. The Morgan fingerprint density at radius 1 is 0.718 bits per heavy atom. The van der Waals surface area contributed by atoms with Gasteiger partial charge in [-0.3, -0.25) is 9.59 Å². The maximum atomic E-state index is 13.8. The first-order valence-electron chi connectivity index (χ1n) is 24.9. The van der Waals surface area contributed by atoms with Crippen LogP contribution in [-0.2, 0) is 28.5 Å². The van der Waals surface area contributed by atoms with Crippen LogP contribution < -0.4 is 11.1 Å². The normalized spacial score (nSPS) is 42.7. The summed E-state index contributed by atoms with van der Waals surface area (Å²) in [4.78, 5) is 28.5. The van der Waals surface area contributed by atoms with Crippen LogP contribution in [0.15, 0.2) is 85.1 Å². The molecule has 0 spiro atoms. The summed E-state index contributed by atoms with van der Waals surface area (Å²) in [6.45, 7) is 7.75. The van der Waals surface area contributed by atoms with Gasteiger partial charge in [0.15, 0.2) is 12.1 Å². The number of nitrogens with zero attached hydrogens (tertiary/aromatic N) is 1. The van der Waals surface area contributed by atoms with Crippen molar-refractivity contribution >= 4 is 11.9 Å². The van der Waals surface area contributed by atoms with Crippen molar-refractivity contribution in [3.63, 3.8) is 0 Å². The fraction of sp³-hybridized carbons (Fsp3) is 0.692. The van der Waals surface area contributed by atoms with E-state index in [-0.39, 0.29) is 38.1 Å². The lowest BCUT2D eigenvalue weighted by Gasteiger charge is -2.46. The Morgan fingerprint density at radius 2 is 1.31 bits per heavy atom. The highest BCUT2D eigenvalue weighted by molar-refractivity contribution is 5.80. The number of carbonyl (C=O) groups is 2. The Morgan fingerprint density at radius 3 is 1.92 bits per heavy atom. The Kier molecular flexibility index (Phi) is 27.3. The van der Waals surface area contributed by atoms with Gasteiger partial charge in [0.1, 0.15) is 12.2 Å². The summed E-state index contributed by atoms with van der Waals surface area (Å²) < 4.78 is 23.8. The van der Waals surface area contributed by atoms with Crippen LogP contribution in [0.4, 0.5) is 0 Å². The van der Waals surface area contributed by atoms with E-state index in [1.54, 1.807) is 63.3 Å². The first-order valence-corrected chi connectivity index (χ1v) is 24.9. The molecular weight excluding hydrogens is 923 g/mol. The third kappa shape index (κ3) is 21.9. The number of aliphatic hydroxyl groups excluding tert-OH is 9. The topological polar surface area (TPSA) is 315 Å². The van der Waals surface area contributed by atoms with Crippen molar-refractivity contribution in [3.05, 3.63) is 85.1 Å². The predicted octanol–water partition coefficient (Wildman–Crippen LogP) is 0.695. The summed E-state index contributed by atoms with van der Waals surface area (Å²) in [6, 6.07) is -1.13. The predicted molar refractivity (Wildman–Crippen MR) is 266 cm³/mol. The monoisotopic (exact) mass is 1010 g/mol. The van der Waals surface area contributed by atoms with Crippen LogP contribution in [0.5, 0.6) is 0 Å². The van der Waals surface area contributed by atoms with Crippen LogP contribution in [0.2, 0.25) is 0 Å². The van der Waals surface area contributed by atoms with E-state index < -0.39 is 147 Å². The van der Waals surface area contributed by atoms with E-state index >= 15 is 0 Å². The van der Waals surface area contributed by atoms with Gasteiger partial charge in [0, 0.05) is 44.1 Å². The molecule has 2 saturated heterocycles. The molecule has 1 amide bonds. The number of hydrogen-bond acceptors (Lipinski definition) is 18. The number of nitrogens with one attached hydrogen (secondary N) is 1. The standard InChI is InChI=1S/C52H85N3O16/c1-32-20-17-15-13-11-9-7-8-10-12-14-16-18-21-39(70-51-49(65)46(53)48(64)35(4)69-51)29-43-45(50(66)54-24-19-25-55(5)6)42(61)31-52(67,71-43)30-38(58)27-41(60)40(59)23-22-36(56)26-37(57)28-44(62)68-34(3)33(2)47(32)63/h7-18,20-21,32-43,45-49,51,56-61,63-65,67H,19,22-31,53H2,1-6H3,(H,54,66)/b8-7+,11-9+,12-10+,15-13+,16-14+,20-17+,21-18+/t32-,33-,34-,35+,36+,37+,38-,39-,40+,41+,42-,43-,45+,46-,47+,48+,49-,51-,52+/m0/s1. The second-order valence-corrected chi connectivity index (χ2v) is 19.7. The van der Waals surface area contributed by atoms with Crippen molar-refractivity contribution in [2.24, 2.45) is 23.5 Å². The van der Waals surface area contributed by atoms with Gasteiger partial charge in [0.25, 0.3) is 0 Å². The van der Waals surface area contributed by atoms with Gasteiger partial charge < -0.3 is 86.0 Å². The molecule has 0 aromatic rings. The van der Waals surface area contributed by atoms with Gasteiger partial charge in [-0.05, 0) is 60.2 Å². The highest BCUT2D eigenvalue weighted by Gasteiger charge is 2.51. The molecule has 3 aliphatic rings. The lowest BCUT2D eigenvalue weighted by atomic mass is 9.82. The minimum atomic E-state index is -2.26. The quantitative estimate of drug-likeness (QED) is 0.123. The van der Waals surface area contributed by atoms with E-state index in [9.17, 15) is 60.7 Å². The fourth-order valence-electron chi connectivity index (χ4n) is 8.71. The highest BCUT2D eigenvalue weighted by Crippen LogP contribution is 2.38. The largest absolute Gasteiger partial charge is 0.462 e. The van der Waals surface area contributed by atoms with Crippen LogP contribution in [0.1, 0.15) is 85.5 Å². The van der Waals surface area contributed by atoms with Crippen molar-refractivity contribution in [1.82, 2.24) is 10.2 Å². The smallest absolute Gasteiger partial charge is 0.308 e. The van der Waals surface area contributed by atoms with Crippen molar-refractivity contribution in [1.29, 1.82) is 0 Å². The minimum Gasteiger partial charge on any atom is -0.462 e. The summed E-state index contributed by atoms with van der Waals surface area (Å²) in [5, 5.41) is 113. The number of fused-ring (bicyclic) bond motifs is 2. The third-order valence-electron chi connectivity index (χ3n) is 13.1. The maximum absolute atomic E-state index is 13.8. The molecule has 0 aromatic heterocycles. The summed E-state index contributed by atoms with van der Waals surface area (Å²) in [5.41, 5.74) is 6.12. The zero-order valence-corrected chi connectivity index (χ0v) is 42.2. The molecule has 2 fully saturated rings. The second kappa shape index (κ2) is 31.3. The summed E-state index contributed by atoms with van der Waals surface area (Å²) in [5.74, 6) is -5.52. The van der Waals surface area contributed by atoms with Crippen LogP contribution in [0.25, 0.3) is 0 Å². The molecule has 3 rings (SSSR count). The third-order valence-corrected chi connectivity index (χ3v) is 13.1. The molecular formula is C52H85N3O16. The molecule has 0 aliphatic carbocycles.